The van der Waals surface area contributed by atoms with Crippen LogP contribution in [0.5, 0.6) is 0 Å². The predicted molar refractivity (Wildman–Crippen MR) is 95.4 cm³/mol. The van der Waals surface area contributed by atoms with Crippen LogP contribution < -0.4 is 11.3 Å². The maximum Gasteiger partial charge on any atom is 0.269 e. The highest BCUT2D eigenvalue weighted by Crippen LogP contribution is 2.21. The average molecular weight is 373 g/mol. The van der Waals surface area contributed by atoms with E-state index in [0.717, 1.165) is 15.8 Å². The normalized spacial score (nSPS) is 10.7. The fourth-order valence-corrected chi connectivity index (χ4v) is 2.69. The molecular formula is C18H14ClFN4O2. The molecule has 0 saturated heterocycles. The Balaban J connectivity index is 1.93. The van der Waals surface area contributed by atoms with Gasteiger partial charge in [-0.05, 0) is 35.7 Å². The van der Waals surface area contributed by atoms with Gasteiger partial charge in [-0.3, -0.25) is 14.6 Å². The molecule has 6 nitrogen and oxygen atoms in total. The quantitative estimate of drug-likeness (QED) is 0.760. The molecule has 3 rings (SSSR count). The Labute approximate surface area is 153 Å². The molecule has 0 aliphatic carbocycles. The molecule has 2 N–H and O–H groups in total. The van der Waals surface area contributed by atoms with Gasteiger partial charge < -0.3 is 5.73 Å². The van der Waals surface area contributed by atoms with Gasteiger partial charge in [0.1, 0.15) is 5.82 Å². The first kappa shape index (κ1) is 17.8. The zero-order valence-electron chi connectivity index (χ0n) is 13.7. The number of aryl methyl sites for hydroxylation is 1. The van der Waals surface area contributed by atoms with Gasteiger partial charge in [-0.15, -0.1) is 0 Å². The van der Waals surface area contributed by atoms with E-state index in [4.69, 9.17) is 17.3 Å². The first-order valence-electron chi connectivity index (χ1n) is 7.62. The Kier molecular flexibility index (Phi) is 4.81. The maximum atomic E-state index is 13.2. The van der Waals surface area contributed by atoms with Gasteiger partial charge in [0.25, 0.3) is 11.5 Å². The molecule has 0 radical (unpaired) electrons. The van der Waals surface area contributed by atoms with Crippen LogP contribution >= 0.6 is 11.6 Å². The number of halogens is 2. The van der Waals surface area contributed by atoms with Crippen LogP contribution in [0, 0.1) is 5.82 Å². The van der Waals surface area contributed by atoms with Crippen molar-refractivity contribution in [3.8, 4) is 11.3 Å². The zero-order chi connectivity index (χ0) is 18.8. The Hall–Kier alpha value is -3.06. The van der Waals surface area contributed by atoms with E-state index in [0.29, 0.717) is 12.1 Å². The summed E-state index contributed by atoms with van der Waals surface area (Å²) in [6, 6.07) is 9.25. The minimum absolute atomic E-state index is 0.0299. The van der Waals surface area contributed by atoms with Crippen LogP contribution in [0.1, 0.15) is 21.6 Å². The third-order valence-corrected chi connectivity index (χ3v) is 4.11. The molecule has 0 bridgehead atoms. The van der Waals surface area contributed by atoms with E-state index in [1.165, 1.54) is 19.2 Å². The van der Waals surface area contributed by atoms with E-state index in [1.807, 2.05) is 0 Å². The minimum atomic E-state index is -0.748. The second-order valence-electron chi connectivity index (χ2n) is 5.71. The number of carbonyl (C=O) groups excluding carboxylic acids is 1. The molecule has 1 aromatic carbocycles. The number of rotatable bonds is 4. The number of primary amides is 1. The third-order valence-electron chi connectivity index (χ3n) is 3.82. The number of carbonyl (C=O) groups is 1. The first-order valence-corrected chi connectivity index (χ1v) is 8.00. The number of nitrogens with two attached hydrogens (primary N) is 1. The number of amides is 1. The molecule has 0 saturated carbocycles. The van der Waals surface area contributed by atoms with Crippen molar-refractivity contribution in [1.29, 1.82) is 0 Å². The summed E-state index contributed by atoms with van der Waals surface area (Å²) in [7, 11) is 1.43. The topological polar surface area (TPSA) is 90.9 Å². The summed E-state index contributed by atoms with van der Waals surface area (Å²) in [5.74, 6) is -1.22. The summed E-state index contributed by atoms with van der Waals surface area (Å²) >= 11 is 5.79. The van der Waals surface area contributed by atoms with Crippen molar-refractivity contribution in [1.82, 2.24) is 14.8 Å². The van der Waals surface area contributed by atoms with Gasteiger partial charge in [-0.1, -0.05) is 23.7 Å². The van der Waals surface area contributed by atoms with Gasteiger partial charge in [0, 0.05) is 24.9 Å². The monoisotopic (exact) mass is 372 g/mol. The highest BCUT2D eigenvalue weighted by atomic mass is 35.5. The first-order chi connectivity index (χ1) is 12.3. The summed E-state index contributed by atoms with van der Waals surface area (Å²) < 4.78 is 14.3. The Morgan fingerprint density at radius 1 is 1.23 bits per heavy atom. The summed E-state index contributed by atoms with van der Waals surface area (Å²) in [6.07, 6.45) is 2.11. The second-order valence-corrected chi connectivity index (χ2v) is 6.12. The molecule has 0 unspecified atom stereocenters. The average Bonchev–Trinajstić information content (AvgIpc) is 2.61. The van der Waals surface area contributed by atoms with E-state index in [1.54, 1.807) is 30.5 Å². The molecule has 0 spiro atoms. The molecule has 0 aliphatic heterocycles. The summed E-state index contributed by atoms with van der Waals surface area (Å²) in [5.41, 5.74) is 7.30. The molecule has 0 aliphatic rings. The highest BCUT2D eigenvalue weighted by Gasteiger charge is 2.15. The van der Waals surface area contributed by atoms with Crippen LogP contribution in [0.4, 0.5) is 4.39 Å². The highest BCUT2D eigenvalue weighted by molar-refractivity contribution is 6.30. The van der Waals surface area contributed by atoms with Crippen molar-refractivity contribution in [2.75, 3.05) is 0 Å². The number of benzene rings is 1. The second kappa shape index (κ2) is 7.05. The molecule has 8 heteroatoms. The van der Waals surface area contributed by atoms with Gasteiger partial charge in [0.15, 0.2) is 5.69 Å². The Bertz CT molecular complexity index is 1050. The van der Waals surface area contributed by atoms with Gasteiger partial charge in [-0.25, -0.2) is 9.07 Å². The number of hydrogen-bond donors (Lipinski definition) is 1. The van der Waals surface area contributed by atoms with Gasteiger partial charge in [0.2, 0.25) is 0 Å². The molecule has 1 amide bonds. The van der Waals surface area contributed by atoms with E-state index in [-0.39, 0.29) is 21.8 Å². The lowest BCUT2D eigenvalue weighted by atomic mass is 10.0. The van der Waals surface area contributed by atoms with Gasteiger partial charge >= 0.3 is 0 Å². The number of pyridine rings is 1. The lowest BCUT2D eigenvalue weighted by molar-refractivity contribution is 0.0994. The summed E-state index contributed by atoms with van der Waals surface area (Å²) in [6.45, 7) is 0. The van der Waals surface area contributed by atoms with E-state index in [9.17, 15) is 14.0 Å². The fraction of sp³-hybridized carbons (Fsp3) is 0.111. The predicted octanol–water partition coefficient (Wildman–Crippen LogP) is 2.32. The molecule has 0 atom stereocenters. The largest absolute Gasteiger partial charge is 0.364 e. The van der Waals surface area contributed by atoms with Crippen molar-refractivity contribution in [2.45, 2.75) is 6.42 Å². The van der Waals surface area contributed by atoms with Crippen LogP contribution in [0.2, 0.25) is 5.02 Å². The van der Waals surface area contributed by atoms with E-state index in [2.05, 4.69) is 10.1 Å². The minimum Gasteiger partial charge on any atom is -0.364 e. The molecule has 132 valence electrons. The molecular weight excluding hydrogens is 359 g/mol. The van der Waals surface area contributed by atoms with Crippen molar-refractivity contribution >= 4 is 17.5 Å². The van der Waals surface area contributed by atoms with Crippen LogP contribution in [-0.2, 0) is 13.5 Å². The number of hydrogen-bond acceptors (Lipinski definition) is 4. The fourth-order valence-electron chi connectivity index (χ4n) is 2.49. The zero-order valence-corrected chi connectivity index (χ0v) is 14.5. The van der Waals surface area contributed by atoms with Crippen molar-refractivity contribution in [2.24, 2.45) is 12.8 Å². The van der Waals surface area contributed by atoms with Crippen LogP contribution in [0.25, 0.3) is 11.3 Å². The summed E-state index contributed by atoms with van der Waals surface area (Å²) in [4.78, 5) is 27.7. The van der Waals surface area contributed by atoms with Crippen LogP contribution in [0.3, 0.4) is 0 Å². The van der Waals surface area contributed by atoms with Gasteiger partial charge in [0.05, 0.1) is 10.7 Å². The SMILES string of the molecule is Cn1nc(C(N)=O)c(-c2ccc(Cc3ccc(F)c(Cl)c3)cn2)cc1=O. The maximum absolute atomic E-state index is 13.2. The van der Waals surface area contributed by atoms with Crippen LogP contribution in [0.15, 0.2) is 47.4 Å². The molecule has 2 heterocycles. The number of aromatic nitrogens is 3. The van der Waals surface area contributed by atoms with E-state index < -0.39 is 11.7 Å². The number of nitrogens with zero attached hydrogens (tertiary/aromatic N) is 3. The standard InChI is InChI=1S/C18H14ClFN4O2/c1-24-16(25)8-12(17(23-24)18(21)26)15-5-3-11(9-22-15)6-10-2-4-14(20)13(19)7-10/h2-5,7-9H,6H2,1H3,(H2,21,26). The van der Waals surface area contributed by atoms with Crippen LogP contribution in [-0.4, -0.2) is 20.7 Å². The van der Waals surface area contributed by atoms with E-state index >= 15 is 0 Å². The third kappa shape index (κ3) is 3.62. The summed E-state index contributed by atoms with van der Waals surface area (Å²) in [5, 5.41) is 3.96. The lowest BCUT2D eigenvalue weighted by Crippen LogP contribution is -2.25. The van der Waals surface area contributed by atoms with Crippen molar-refractivity contribution in [3.63, 3.8) is 0 Å². The smallest absolute Gasteiger partial charge is 0.269 e. The molecule has 26 heavy (non-hydrogen) atoms. The molecule has 3 aromatic rings. The lowest BCUT2D eigenvalue weighted by Gasteiger charge is -2.08. The van der Waals surface area contributed by atoms with Gasteiger partial charge in [-0.2, -0.15) is 5.10 Å². The molecule has 0 fully saturated rings. The Morgan fingerprint density at radius 2 is 1.96 bits per heavy atom. The molecule has 2 aromatic heterocycles. The van der Waals surface area contributed by atoms with Crippen molar-refractivity contribution in [3.05, 3.63) is 80.6 Å². The van der Waals surface area contributed by atoms with Crippen molar-refractivity contribution < 1.29 is 9.18 Å². The Morgan fingerprint density at radius 3 is 2.58 bits per heavy atom.